The molecule has 88 valence electrons. The minimum Gasteiger partial charge on any atom is -0.493 e. The summed E-state index contributed by atoms with van der Waals surface area (Å²) in [7, 11) is 1.80. The zero-order valence-corrected chi connectivity index (χ0v) is 10.7. The Morgan fingerprint density at radius 1 is 1.38 bits per heavy atom. The zero-order valence-electron chi connectivity index (χ0n) is 9.16. The van der Waals surface area contributed by atoms with Crippen molar-refractivity contribution in [1.82, 2.24) is 0 Å². The summed E-state index contributed by atoms with van der Waals surface area (Å²) in [6.45, 7) is 4.42. The van der Waals surface area contributed by atoms with Crippen LogP contribution in [0.4, 0.5) is 0 Å². The van der Waals surface area contributed by atoms with Crippen LogP contribution in [-0.2, 0) is 15.5 Å². The van der Waals surface area contributed by atoms with Crippen LogP contribution in [0.2, 0.25) is 0 Å². The van der Waals surface area contributed by atoms with Crippen LogP contribution in [0.15, 0.2) is 17.0 Å². The molecule has 0 atom stereocenters. The van der Waals surface area contributed by atoms with Gasteiger partial charge >= 0.3 is 0 Å². The molecule has 1 heterocycles. The predicted octanol–water partition coefficient (Wildman–Crippen LogP) is 2.67. The van der Waals surface area contributed by atoms with Crippen molar-refractivity contribution in [3.8, 4) is 5.75 Å². The fraction of sp³-hybridized carbons (Fsp3) is 0.455. The van der Waals surface area contributed by atoms with E-state index < -0.39 is 9.05 Å². The number of halogens is 1. The SMILES string of the molecule is CC(C)c1ccc2c(c1S(=O)(=O)Cl)CCO2. The molecule has 1 aromatic carbocycles. The molecule has 0 saturated carbocycles. The lowest BCUT2D eigenvalue weighted by atomic mass is 9.99. The van der Waals surface area contributed by atoms with Gasteiger partial charge in [0, 0.05) is 22.7 Å². The fourth-order valence-electron chi connectivity index (χ4n) is 2.01. The molecule has 1 aliphatic heterocycles. The molecule has 0 spiro atoms. The number of ether oxygens (including phenoxy) is 1. The average molecular weight is 261 g/mol. The first-order chi connectivity index (χ1) is 7.41. The lowest BCUT2D eigenvalue weighted by Gasteiger charge is -2.13. The fourth-order valence-corrected chi connectivity index (χ4v) is 3.63. The summed E-state index contributed by atoms with van der Waals surface area (Å²) in [4.78, 5) is 0.249. The molecule has 0 fully saturated rings. The Labute approximate surface area is 99.8 Å². The molecule has 0 aromatic heterocycles. The Kier molecular flexibility index (Phi) is 2.88. The molecule has 1 aromatic rings. The minimum absolute atomic E-state index is 0.120. The normalized spacial score (nSPS) is 15.0. The number of hydrogen-bond donors (Lipinski definition) is 0. The molecule has 0 N–H and O–H groups in total. The molecule has 0 saturated heterocycles. The maximum absolute atomic E-state index is 11.6. The second kappa shape index (κ2) is 3.93. The topological polar surface area (TPSA) is 43.4 Å². The van der Waals surface area contributed by atoms with Crippen LogP contribution in [0.1, 0.15) is 30.9 Å². The Hall–Kier alpha value is -0.740. The van der Waals surface area contributed by atoms with Crippen LogP contribution in [0, 0.1) is 0 Å². The van der Waals surface area contributed by atoms with Gasteiger partial charge in [-0.05, 0) is 17.5 Å². The van der Waals surface area contributed by atoms with E-state index in [9.17, 15) is 8.42 Å². The predicted molar refractivity (Wildman–Crippen MR) is 62.8 cm³/mol. The Balaban J connectivity index is 2.75. The van der Waals surface area contributed by atoms with Crippen molar-refractivity contribution < 1.29 is 13.2 Å². The van der Waals surface area contributed by atoms with Crippen molar-refractivity contribution >= 4 is 19.7 Å². The van der Waals surface area contributed by atoms with Gasteiger partial charge in [0.25, 0.3) is 9.05 Å². The van der Waals surface area contributed by atoms with Crippen LogP contribution in [0.25, 0.3) is 0 Å². The lowest BCUT2D eigenvalue weighted by Crippen LogP contribution is -2.03. The monoisotopic (exact) mass is 260 g/mol. The highest BCUT2D eigenvalue weighted by atomic mass is 35.7. The minimum atomic E-state index is -3.71. The Morgan fingerprint density at radius 2 is 2.06 bits per heavy atom. The summed E-state index contributed by atoms with van der Waals surface area (Å²) in [6.07, 6.45) is 0.608. The van der Waals surface area contributed by atoms with Crippen LogP contribution in [0.3, 0.4) is 0 Å². The maximum Gasteiger partial charge on any atom is 0.262 e. The van der Waals surface area contributed by atoms with E-state index in [1.165, 1.54) is 0 Å². The Bertz CT molecular complexity index is 520. The van der Waals surface area contributed by atoms with E-state index >= 15 is 0 Å². The molecule has 1 aliphatic rings. The first-order valence-electron chi connectivity index (χ1n) is 5.14. The van der Waals surface area contributed by atoms with Crippen molar-refractivity contribution in [3.63, 3.8) is 0 Å². The van der Waals surface area contributed by atoms with Gasteiger partial charge in [-0.3, -0.25) is 0 Å². The molecule has 16 heavy (non-hydrogen) atoms. The summed E-state index contributed by atoms with van der Waals surface area (Å²) in [6, 6.07) is 3.60. The van der Waals surface area contributed by atoms with Crippen LogP contribution in [-0.4, -0.2) is 15.0 Å². The van der Waals surface area contributed by atoms with Gasteiger partial charge in [-0.2, -0.15) is 0 Å². The van der Waals surface area contributed by atoms with Gasteiger partial charge in [-0.15, -0.1) is 0 Å². The molecule has 0 unspecified atom stereocenters. The van der Waals surface area contributed by atoms with Crippen molar-refractivity contribution in [2.45, 2.75) is 31.1 Å². The van der Waals surface area contributed by atoms with Gasteiger partial charge in [0.1, 0.15) is 5.75 Å². The standard InChI is InChI=1S/C11H13ClO3S/c1-7(2)8-3-4-10-9(5-6-15-10)11(8)16(12,13)14/h3-4,7H,5-6H2,1-2H3. The zero-order chi connectivity index (χ0) is 11.9. The van der Waals surface area contributed by atoms with Crippen LogP contribution >= 0.6 is 10.7 Å². The lowest BCUT2D eigenvalue weighted by molar-refractivity contribution is 0.356. The van der Waals surface area contributed by atoms with Crippen molar-refractivity contribution in [1.29, 1.82) is 0 Å². The highest BCUT2D eigenvalue weighted by Gasteiger charge is 2.27. The van der Waals surface area contributed by atoms with Gasteiger partial charge in [0.15, 0.2) is 0 Å². The summed E-state index contributed by atoms with van der Waals surface area (Å²) in [5.41, 5.74) is 1.49. The van der Waals surface area contributed by atoms with Crippen molar-refractivity contribution in [3.05, 3.63) is 23.3 Å². The summed E-state index contributed by atoms with van der Waals surface area (Å²) >= 11 is 0. The molecule has 0 radical (unpaired) electrons. The van der Waals surface area contributed by atoms with Gasteiger partial charge in [-0.1, -0.05) is 19.9 Å². The van der Waals surface area contributed by atoms with Crippen molar-refractivity contribution in [2.75, 3.05) is 6.61 Å². The maximum atomic E-state index is 11.6. The van der Waals surface area contributed by atoms with E-state index in [-0.39, 0.29) is 10.8 Å². The first kappa shape index (κ1) is 11.7. The van der Waals surface area contributed by atoms with Gasteiger partial charge in [-0.25, -0.2) is 8.42 Å². The summed E-state index contributed by atoms with van der Waals surface area (Å²) in [5, 5.41) is 0. The Morgan fingerprint density at radius 3 is 2.62 bits per heavy atom. The number of benzene rings is 1. The first-order valence-corrected chi connectivity index (χ1v) is 7.45. The quantitative estimate of drug-likeness (QED) is 0.768. The smallest absolute Gasteiger partial charge is 0.262 e. The van der Waals surface area contributed by atoms with E-state index in [0.717, 1.165) is 11.1 Å². The molecule has 0 bridgehead atoms. The molecule has 0 aliphatic carbocycles. The number of rotatable bonds is 2. The van der Waals surface area contributed by atoms with E-state index in [4.69, 9.17) is 15.4 Å². The van der Waals surface area contributed by atoms with E-state index in [1.54, 1.807) is 6.07 Å². The summed E-state index contributed by atoms with van der Waals surface area (Å²) in [5.74, 6) is 0.762. The van der Waals surface area contributed by atoms with E-state index in [0.29, 0.717) is 18.8 Å². The molecule has 5 heteroatoms. The van der Waals surface area contributed by atoms with Gasteiger partial charge < -0.3 is 4.74 Å². The molecule has 0 amide bonds. The number of hydrogen-bond acceptors (Lipinski definition) is 3. The number of fused-ring (bicyclic) bond motifs is 1. The van der Waals surface area contributed by atoms with Crippen molar-refractivity contribution in [2.24, 2.45) is 0 Å². The highest BCUT2D eigenvalue weighted by molar-refractivity contribution is 8.13. The second-order valence-corrected chi connectivity index (χ2v) is 6.65. The van der Waals surface area contributed by atoms with Crippen LogP contribution < -0.4 is 4.74 Å². The second-order valence-electron chi connectivity index (χ2n) is 4.15. The third-order valence-corrected chi connectivity index (χ3v) is 4.16. The van der Waals surface area contributed by atoms with E-state index in [1.807, 2.05) is 19.9 Å². The average Bonchev–Trinajstić information content (AvgIpc) is 2.61. The molecular formula is C11H13ClO3S. The van der Waals surface area contributed by atoms with Gasteiger partial charge in [0.05, 0.1) is 11.5 Å². The molecular weight excluding hydrogens is 248 g/mol. The molecule has 3 nitrogen and oxygen atoms in total. The van der Waals surface area contributed by atoms with Gasteiger partial charge in [0.2, 0.25) is 0 Å². The van der Waals surface area contributed by atoms with E-state index in [2.05, 4.69) is 0 Å². The molecule has 2 rings (SSSR count). The summed E-state index contributed by atoms with van der Waals surface area (Å²) < 4.78 is 28.6. The third-order valence-electron chi connectivity index (χ3n) is 2.72. The largest absolute Gasteiger partial charge is 0.493 e. The third kappa shape index (κ3) is 1.92. The highest BCUT2D eigenvalue weighted by Crippen LogP contribution is 2.37. The van der Waals surface area contributed by atoms with Crippen LogP contribution in [0.5, 0.6) is 5.75 Å².